The van der Waals surface area contributed by atoms with Crippen LogP contribution >= 0.6 is 11.8 Å². The maximum Gasteiger partial charge on any atom is 0.168 e. The van der Waals surface area contributed by atoms with Gasteiger partial charge in [-0.1, -0.05) is 36.4 Å². The van der Waals surface area contributed by atoms with Crippen molar-refractivity contribution in [2.24, 2.45) is 11.8 Å². The largest absolute Gasteiger partial charge is 0.396 e. The second-order valence-electron chi connectivity index (χ2n) is 7.34. The van der Waals surface area contributed by atoms with E-state index in [4.69, 9.17) is 9.84 Å². The molecule has 3 atom stereocenters. The van der Waals surface area contributed by atoms with E-state index in [9.17, 15) is 9.90 Å². The highest BCUT2D eigenvalue weighted by atomic mass is 32.2. The van der Waals surface area contributed by atoms with Gasteiger partial charge in [-0.25, -0.2) is 0 Å². The van der Waals surface area contributed by atoms with Gasteiger partial charge < -0.3 is 14.9 Å². The highest BCUT2D eigenvalue weighted by Crippen LogP contribution is 2.37. The lowest BCUT2D eigenvalue weighted by atomic mass is 9.71. The van der Waals surface area contributed by atoms with Crippen LogP contribution in [0, 0.1) is 11.8 Å². The Bertz CT molecular complexity index is 712. The van der Waals surface area contributed by atoms with Gasteiger partial charge in [0.05, 0.1) is 32.3 Å². The minimum Gasteiger partial charge on any atom is -0.396 e. The van der Waals surface area contributed by atoms with E-state index in [1.807, 2.05) is 36.4 Å². The first-order valence-corrected chi connectivity index (χ1v) is 10.8. The van der Waals surface area contributed by atoms with E-state index in [1.165, 1.54) is 0 Å². The number of Topliss-reactive ketones (excluding diaryl/α,β-unsaturated/α-hetero) is 1. The molecule has 2 N–H and O–H groups in total. The minimum absolute atomic E-state index is 0.0364. The number of allylic oxidation sites excluding steroid dienone is 2. The van der Waals surface area contributed by atoms with Crippen LogP contribution in [0.4, 0.5) is 0 Å². The maximum absolute atomic E-state index is 13.3. The van der Waals surface area contributed by atoms with Gasteiger partial charge >= 0.3 is 0 Å². The number of ether oxygens (including phenoxy) is 1. The van der Waals surface area contributed by atoms with Gasteiger partial charge in [0.2, 0.25) is 0 Å². The normalized spacial score (nSPS) is 26.3. The van der Waals surface area contributed by atoms with Crippen molar-refractivity contribution in [2.75, 3.05) is 45.3 Å². The van der Waals surface area contributed by atoms with Crippen LogP contribution in [0.15, 0.2) is 53.5 Å². The van der Waals surface area contributed by atoms with Crippen LogP contribution in [0.2, 0.25) is 0 Å². The second-order valence-corrected chi connectivity index (χ2v) is 8.51. The zero-order chi connectivity index (χ0) is 20.0. The molecule has 0 amide bonds. The van der Waals surface area contributed by atoms with Crippen LogP contribution < -0.4 is 0 Å². The Morgan fingerprint density at radius 2 is 1.96 bits per heavy atom. The number of carbonyl (C=O) groups is 1. The molecule has 0 bridgehead atoms. The number of nitrogens with zero attached hydrogens (tertiary/aromatic N) is 1. The molecular formula is C22H29NO4S. The Labute approximate surface area is 171 Å². The second kappa shape index (κ2) is 9.85. The SMILES string of the molecule is CC1(N2CCOCC2)C=CC=CC1C(CO)C(=O)c1ccc(SCCO)cc1. The summed E-state index contributed by atoms with van der Waals surface area (Å²) in [4.78, 5) is 16.6. The number of hydrogen-bond acceptors (Lipinski definition) is 6. The van der Waals surface area contributed by atoms with Gasteiger partial charge in [0.25, 0.3) is 0 Å². The average molecular weight is 404 g/mol. The molecule has 6 heteroatoms. The summed E-state index contributed by atoms with van der Waals surface area (Å²) in [5, 5.41) is 19.1. The Kier molecular flexibility index (Phi) is 7.48. The zero-order valence-corrected chi connectivity index (χ0v) is 17.1. The quantitative estimate of drug-likeness (QED) is 0.513. The van der Waals surface area contributed by atoms with E-state index in [0.717, 1.165) is 18.0 Å². The third-order valence-electron chi connectivity index (χ3n) is 5.70. The molecule has 1 saturated heterocycles. The van der Waals surface area contributed by atoms with Crippen LogP contribution in [0.1, 0.15) is 17.3 Å². The van der Waals surface area contributed by atoms with Gasteiger partial charge in [-0.3, -0.25) is 9.69 Å². The van der Waals surface area contributed by atoms with Crippen molar-refractivity contribution in [3.8, 4) is 0 Å². The molecule has 1 aliphatic carbocycles. The number of hydrogen-bond donors (Lipinski definition) is 2. The summed E-state index contributed by atoms with van der Waals surface area (Å²) in [6.07, 6.45) is 8.20. The van der Waals surface area contributed by atoms with Crippen molar-refractivity contribution in [1.29, 1.82) is 0 Å². The average Bonchev–Trinajstić information content (AvgIpc) is 2.75. The number of rotatable bonds is 8. The summed E-state index contributed by atoms with van der Waals surface area (Å²) in [6.45, 7) is 5.08. The Morgan fingerprint density at radius 1 is 1.25 bits per heavy atom. The number of carbonyl (C=O) groups excluding carboxylic acids is 1. The smallest absolute Gasteiger partial charge is 0.168 e. The number of thioether (sulfide) groups is 1. The fourth-order valence-electron chi connectivity index (χ4n) is 4.10. The van der Waals surface area contributed by atoms with Crippen molar-refractivity contribution in [3.05, 3.63) is 54.1 Å². The Balaban J connectivity index is 1.81. The Morgan fingerprint density at radius 3 is 2.61 bits per heavy atom. The van der Waals surface area contributed by atoms with Gasteiger partial charge in [0, 0.05) is 40.8 Å². The maximum atomic E-state index is 13.3. The predicted molar refractivity (Wildman–Crippen MR) is 112 cm³/mol. The minimum atomic E-state index is -0.509. The van der Waals surface area contributed by atoms with E-state index in [-0.39, 0.29) is 30.5 Å². The highest BCUT2D eigenvalue weighted by Gasteiger charge is 2.44. The van der Waals surface area contributed by atoms with Gasteiger partial charge in [-0.05, 0) is 19.1 Å². The summed E-state index contributed by atoms with van der Waals surface area (Å²) in [6, 6.07) is 7.44. The van der Waals surface area contributed by atoms with E-state index in [1.54, 1.807) is 11.8 Å². The lowest BCUT2D eigenvalue weighted by molar-refractivity contribution is -0.0238. The van der Waals surface area contributed by atoms with Crippen molar-refractivity contribution >= 4 is 17.5 Å². The third kappa shape index (κ3) is 4.58. The molecule has 1 aliphatic heterocycles. The summed E-state index contributed by atoms with van der Waals surface area (Å²) in [5.74, 6) is -0.0314. The molecular weight excluding hydrogens is 374 g/mol. The van der Waals surface area contributed by atoms with Crippen LogP contribution in [0.25, 0.3) is 0 Å². The summed E-state index contributed by atoms with van der Waals surface area (Å²) < 4.78 is 5.50. The van der Waals surface area contributed by atoms with Crippen LogP contribution in [-0.2, 0) is 4.74 Å². The summed E-state index contributed by atoms with van der Waals surface area (Å²) in [5.41, 5.74) is 0.276. The molecule has 5 nitrogen and oxygen atoms in total. The van der Waals surface area contributed by atoms with Crippen LogP contribution in [-0.4, -0.2) is 71.7 Å². The van der Waals surface area contributed by atoms with Crippen molar-refractivity contribution in [3.63, 3.8) is 0 Å². The zero-order valence-electron chi connectivity index (χ0n) is 16.3. The number of aliphatic hydroxyl groups excluding tert-OH is 2. The number of benzene rings is 1. The van der Waals surface area contributed by atoms with Gasteiger partial charge in [-0.15, -0.1) is 11.8 Å². The fraction of sp³-hybridized carbons (Fsp3) is 0.500. The topological polar surface area (TPSA) is 70.0 Å². The van der Waals surface area contributed by atoms with Crippen molar-refractivity contribution in [1.82, 2.24) is 4.90 Å². The molecule has 152 valence electrons. The van der Waals surface area contributed by atoms with Crippen LogP contribution in [0.5, 0.6) is 0 Å². The van der Waals surface area contributed by atoms with Crippen LogP contribution in [0.3, 0.4) is 0 Å². The molecule has 0 radical (unpaired) electrons. The molecule has 1 aromatic carbocycles. The van der Waals surface area contributed by atoms with E-state index >= 15 is 0 Å². The molecule has 2 aliphatic rings. The lowest BCUT2D eigenvalue weighted by Crippen LogP contribution is -2.57. The van der Waals surface area contributed by atoms with E-state index < -0.39 is 5.92 Å². The van der Waals surface area contributed by atoms with Crippen molar-refractivity contribution in [2.45, 2.75) is 17.4 Å². The first kappa shape index (κ1) is 21.3. The molecule has 0 saturated carbocycles. The monoisotopic (exact) mass is 403 g/mol. The number of ketones is 1. The van der Waals surface area contributed by atoms with E-state index in [0.29, 0.717) is 24.5 Å². The molecule has 1 heterocycles. The van der Waals surface area contributed by atoms with Gasteiger partial charge in [0.1, 0.15) is 0 Å². The molecule has 1 fully saturated rings. The predicted octanol–water partition coefficient (Wildman–Crippen LogP) is 2.40. The fourth-order valence-corrected chi connectivity index (χ4v) is 4.75. The lowest BCUT2D eigenvalue weighted by Gasteiger charge is -2.48. The summed E-state index contributed by atoms with van der Waals surface area (Å²) >= 11 is 1.55. The van der Waals surface area contributed by atoms with Crippen molar-refractivity contribution < 1.29 is 19.7 Å². The van der Waals surface area contributed by atoms with E-state index in [2.05, 4.69) is 24.0 Å². The molecule has 0 spiro atoms. The number of aliphatic hydroxyl groups is 2. The molecule has 3 rings (SSSR count). The van der Waals surface area contributed by atoms with Gasteiger partial charge in [-0.2, -0.15) is 0 Å². The molecule has 1 aromatic rings. The summed E-state index contributed by atoms with van der Waals surface area (Å²) in [7, 11) is 0. The first-order valence-electron chi connectivity index (χ1n) is 9.78. The standard InChI is InChI=1S/C22H29NO4S/c1-22(23-10-13-27-14-11-23)9-3-2-4-20(22)19(16-25)21(26)17-5-7-18(8-6-17)28-15-12-24/h2-9,19-20,24-25H,10-16H2,1H3. The Hall–Kier alpha value is -1.44. The third-order valence-corrected chi connectivity index (χ3v) is 6.69. The molecule has 0 aromatic heterocycles. The van der Waals surface area contributed by atoms with Gasteiger partial charge in [0.15, 0.2) is 5.78 Å². The molecule has 28 heavy (non-hydrogen) atoms. The number of morpholine rings is 1. The molecule has 3 unspecified atom stereocenters. The first-order chi connectivity index (χ1) is 13.6. The highest BCUT2D eigenvalue weighted by molar-refractivity contribution is 7.99.